The average Bonchev–Trinajstić information content (AvgIpc) is 2.93. The molecule has 0 amide bonds. The normalized spacial score (nSPS) is 11.0. The molecule has 5 nitrogen and oxygen atoms in total. The van der Waals surface area contributed by atoms with Crippen LogP contribution in [0.1, 0.15) is 39.8 Å². The van der Waals surface area contributed by atoms with Crippen LogP contribution in [0.4, 0.5) is 5.69 Å². The second-order valence-electron chi connectivity index (χ2n) is 5.99. The lowest BCUT2D eigenvalue weighted by molar-refractivity contribution is 0.0691. The van der Waals surface area contributed by atoms with E-state index in [1.807, 2.05) is 13.0 Å². The third-order valence-corrected chi connectivity index (χ3v) is 4.29. The van der Waals surface area contributed by atoms with Crippen molar-refractivity contribution >= 4 is 22.7 Å². The highest BCUT2D eigenvalue weighted by molar-refractivity contribution is 5.95. The van der Waals surface area contributed by atoms with E-state index in [0.717, 1.165) is 23.3 Å². The lowest BCUT2D eigenvalue weighted by Crippen LogP contribution is -2.07. The Labute approximate surface area is 140 Å². The van der Waals surface area contributed by atoms with Gasteiger partial charge in [-0.05, 0) is 49.1 Å². The molecule has 3 rings (SSSR count). The van der Waals surface area contributed by atoms with Gasteiger partial charge in [0.05, 0.1) is 16.7 Å². The summed E-state index contributed by atoms with van der Waals surface area (Å²) in [5, 5.41) is 12.7. The number of aryl methyl sites for hydroxylation is 3. The first-order valence-electron chi connectivity index (χ1n) is 8.04. The molecular weight excluding hydrogens is 302 g/mol. The summed E-state index contributed by atoms with van der Waals surface area (Å²) in [5.74, 6) is -1.02. The van der Waals surface area contributed by atoms with Crippen molar-refractivity contribution in [2.45, 2.75) is 33.7 Å². The number of pyridine rings is 1. The van der Waals surface area contributed by atoms with Crippen LogP contribution in [0.25, 0.3) is 11.0 Å². The second kappa shape index (κ2) is 6.35. The van der Waals surface area contributed by atoms with Crippen molar-refractivity contribution in [2.75, 3.05) is 5.32 Å². The van der Waals surface area contributed by atoms with Gasteiger partial charge in [-0.2, -0.15) is 0 Å². The van der Waals surface area contributed by atoms with E-state index in [0.29, 0.717) is 12.1 Å². The lowest BCUT2D eigenvalue weighted by atomic mass is 10.00. The maximum absolute atomic E-state index is 11.3. The zero-order valence-corrected chi connectivity index (χ0v) is 14.1. The number of nitrogens with zero attached hydrogens (tertiary/aromatic N) is 1. The average molecular weight is 323 g/mol. The Morgan fingerprint density at radius 1 is 1.29 bits per heavy atom. The van der Waals surface area contributed by atoms with Crippen LogP contribution in [0.5, 0.6) is 0 Å². The number of anilines is 1. The number of hydrogen-bond donors (Lipinski definition) is 3. The Morgan fingerprint density at radius 3 is 2.79 bits per heavy atom. The van der Waals surface area contributed by atoms with Crippen LogP contribution in [0.3, 0.4) is 0 Å². The monoisotopic (exact) mass is 323 g/mol. The summed E-state index contributed by atoms with van der Waals surface area (Å²) in [6.45, 7) is 6.81. The first kappa shape index (κ1) is 16.1. The number of carboxylic acids is 1. The second-order valence-corrected chi connectivity index (χ2v) is 5.99. The minimum absolute atomic E-state index is 0.0458. The molecule has 2 heterocycles. The smallest absolute Gasteiger partial charge is 0.354 e. The van der Waals surface area contributed by atoms with E-state index in [-0.39, 0.29) is 5.69 Å². The highest BCUT2D eigenvalue weighted by Crippen LogP contribution is 2.25. The van der Waals surface area contributed by atoms with Crippen LogP contribution >= 0.6 is 0 Å². The molecule has 0 bridgehead atoms. The maximum Gasteiger partial charge on any atom is 0.354 e. The molecule has 2 aromatic heterocycles. The fourth-order valence-electron chi connectivity index (χ4n) is 3.02. The number of H-pyrrole nitrogens is 1. The molecule has 0 saturated carbocycles. The van der Waals surface area contributed by atoms with Crippen molar-refractivity contribution in [3.8, 4) is 0 Å². The van der Waals surface area contributed by atoms with Gasteiger partial charge in [0, 0.05) is 12.2 Å². The van der Waals surface area contributed by atoms with Gasteiger partial charge in [-0.3, -0.25) is 0 Å². The standard InChI is InChI=1S/C19H21N3O2/c1-4-13-7-5-6-11(2)14(13)10-20-15-9-17(19(23)24)22-16-8-12(3)21-18(15)16/h5-9,21H,4,10H2,1-3H3,(H,20,22)(H,23,24). The summed E-state index contributed by atoms with van der Waals surface area (Å²) in [6, 6.07) is 9.75. The molecular formula is C19H21N3O2. The van der Waals surface area contributed by atoms with Crippen molar-refractivity contribution in [2.24, 2.45) is 0 Å². The number of aromatic carboxylic acids is 1. The number of benzene rings is 1. The van der Waals surface area contributed by atoms with E-state index in [9.17, 15) is 9.90 Å². The molecule has 24 heavy (non-hydrogen) atoms. The van der Waals surface area contributed by atoms with E-state index in [4.69, 9.17) is 0 Å². The van der Waals surface area contributed by atoms with Gasteiger partial charge in [0.1, 0.15) is 0 Å². The fourth-order valence-corrected chi connectivity index (χ4v) is 3.02. The summed E-state index contributed by atoms with van der Waals surface area (Å²) < 4.78 is 0. The van der Waals surface area contributed by atoms with E-state index in [1.54, 1.807) is 6.07 Å². The number of aromatic amines is 1. The van der Waals surface area contributed by atoms with Crippen molar-refractivity contribution in [1.82, 2.24) is 9.97 Å². The van der Waals surface area contributed by atoms with Gasteiger partial charge < -0.3 is 15.4 Å². The van der Waals surface area contributed by atoms with Gasteiger partial charge in [0.25, 0.3) is 0 Å². The first-order chi connectivity index (χ1) is 11.5. The van der Waals surface area contributed by atoms with Gasteiger partial charge in [-0.25, -0.2) is 9.78 Å². The third-order valence-electron chi connectivity index (χ3n) is 4.29. The Bertz CT molecular complexity index is 912. The van der Waals surface area contributed by atoms with E-state index in [2.05, 4.69) is 47.3 Å². The summed E-state index contributed by atoms with van der Waals surface area (Å²) in [4.78, 5) is 18.8. The van der Waals surface area contributed by atoms with Gasteiger partial charge in [0.15, 0.2) is 5.69 Å². The zero-order valence-electron chi connectivity index (χ0n) is 14.1. The van der Waals surface area contributed by atoms with Gasteiger partial charge in [0.2, 0.25) is 0 Å². The Balaban J connectivity index is 2.00. The van der Waals surface area contributed by atoms with Gasteiger partial charge >= 0.3 is 5.97 Å². The van der Waals surface area contributed by atoms with Crippen molar-refractivity contribution < 1.29 is 9.90 Å². The lowest BCUT2D eigenvalue weighted by Gasteiger charge is -2.14. The molecule has 0 unspecified atom stereocenters. The first-order valence-corrected chi connectivity index (χ1v) is 8.04. The van der Waals surface area contributed by atoms with E-state index >= 15 is 0 Å². The number of nitrogens with one attached hydrogen (secondary N) is 2. The molecule has 0 atom stereocenters. The van der Waals surface area contributed by atoms with Crippen molar-refractivity contribution in [3.63, 3.8) is 0 Å². The minimum Gasteiger partial charge on any atom is -0.477 e. The van der Waals surface area contributed by atoms with E-state index < -0.39 is 5.97 Å². The minimum atomic E-state index is -1.02. The van der Waals surface area contributed by atoms with E-state index in [1.165, 1.54) is 16.7 Å². The summed E-state index contributed by atoms with van der Waals surface area (Å²) >= 11 is 0. The molecule has 5 heteroatoms. The summed E-state index contributed by atoms with van der Waals surface area (Å²) in [6.07, 6.45) is 0.965. The number of fused-ring (bicyclic) bond motifs is 1. The van der Waals surface area contributed by atoms with Crippen LogP contribution in [-0.4, -0.2) is 21.0 Å². The largest absolute Gasteiger partial charge is 0.477 e. The number of aromatic nitrogens is 2. The Kier molecular flexibility index (Phi) is 4.25. The molecule has 1 aromatic carbocycles. The summed E-state index contributed by atoms with van der Waals surface area (Å²) in [7, 11) is 0. The molecule has 0 spiro atoms. The number of rotatable bonds is 5. The topological polar surface area (TPSA) is 78.0 Å². The molecule has 0 radical (unpaired) electrons. The predicted octanol–water partition coefficient (Wildman–Crippen LogP) is 4.05. The molecule has 0 aliphatic rings. The zero-order chi connectivity index (χ0) is 17.3. The number of carbonyl (C=O) groups is 1. The van der Waals surface area contributed by atoms with Crippen LogP contribution in [0.2, 0.25) is 0 Å². The van der Waals surface area contributed by atoms with Gasteiger partial charge in [-0.15, -0.1) is 0 Å². The highest BCUT2D eigenvalue weighted by atomic mass is 16.4. The van der Waals surface area contributed by atoms with Crippen molar-refractivity contribution in [3.05, 3.63) is 58.4 Å². The van der Waals surface area contributed by atoms with Gasteiger partial charge in [-0.1, -0.05) is 25.1 Å². The third kappa shape index (κ3) is 2.97. The van der Waals surface area contributed by atoms with Crippen LogP contribution < -0.4 is 5.32 Å². The van der Waals surface area contributed by atoms with Crippen LogP contribution in [-0.2, 0) is 13.0 Å². The van der Waals surface area contributed by atoms with Crippen LogP contribution in [0.15, 0.2) is 30.3 Å². The molecule has 0 aliphatic carbocycles. The number of carboxylic acid groups (broad SMARTS) is 1. The molecule has 0 fully saturated rings. The number of hydrogen-bond acceptors (Lipinski definition) is 3. The fraction of sp³-hybridized carbons (Fsp3) is 0.263. The van der Waals surface area contributed by atoms with Crippen LogP contribution in [0, 0.1) is 13.8 Å². The molecule has 3 aromatic rings. The summed E-state index contributed by atoms with van der Waals surface area (Å²) in [5.41, 5.74) is 7.04. The molecule has 3 N–H and O–H groups in total. The Hall–Kier alpha value is -2.82. The quantitative estimate of drug-likeness (QED) is 0.662. The molecule has 0 aliphatic heterocycles. The predicted molar refractivity (Wildman–Crippen MR) is 95.7 cm³/mol. The Morgan fingerprint density at radius 2 is 2.08 bits per heavy atom. The highest BCUT2D eigenvalue weighted by Gasteiger charge is 2.13. The SMILES string of the molecule is CCc1cccc(C)c1CNc1cc(C(=O)O)nc2cc(C)[nH]c12. The maximum atomic E-state index is 11.3. The molecule has 0 saturated heterocycles. The van der Waals surface area contributed by atoms with Crippen molar-refractivity contribution in [1.29, 1.82) is 0 Å². The molecule has 124 valence electrons.